The minimum Gasteiger partial charge on any atom is -0.326 e. The number of fused-ring (bicyclic) bond motifs is 1. The lowest BCUT2D eigenvalue weighted by Crippen LogP contribution is -2.24. The summed E-state index contributed by atoms with van der Waals surface area (Å²) in [4.78, 5) is 42.5. The second-order valence-corrected chi connectivity index (χ2v) is 6.75. The molecule has 1 aliphatic heterocycles. The zero-order valence-electron chi connectivity index (χ0n) is 15.3. The number of hydrogen-bond donors (Lipinski definition) is 1. The highest BCUT2D eigenvalue weighted by atomic mass is 16.2. The number of amides is 2. The standard InChI is InChI=1S/C21H20N4O3/c26-19(11-13-24-14-22-18-5-2-1-4-17(18)21(24)28)23-15-7-9-16(10-8-15)25-12-3-6-20(25)27/h1-2,4-5,7-10,14H,3,6,11-13H2,(H,23,26). The van der Waals surface area contributed by atoms with Crippen LogP contribution in [0.4, 0.5) is 11.4 Å². The average molecular weight is 376 g/mol. The van der Waals surface area contributed by atoms with Gasteiger partial charge in [0.05, 0.1) is 17.2 Å². The number of para-hydroxylation sites is 1. The van der Waals surface area contributed by atoms with Gasteiger partial charge in [-0.25, -0.2) is 4.98 Å². The molecule has 7 nitrogen and oxygen atoms in total. The summed E-state index contributed by atoms with van der Waals surface area (Å²) >= 11 is 0. The maximum Gasteiger partial charge on any atom is 0.261 e. The summed E-state index contributed by atoms with van der Waals surface area (Å²) in [5, 5.41) is 3.36. The van der Waals surface area contributed by atoms with Crippen LogP contribution in [0.3, 0.4) is 0 Å². The average Bonchev–Trinajstić information content (AvgIpc) is 3.14. The van der Waals surface area contributed by atoms with E-state index in [0.29, 0.717) is 23.0 Å². The van der Waals surface area contributed by atoms with Crippen LogP contribution in [0.1, 0.15) is 19.3 Å². The molecule has 2 amide bonds. The Bertz CT molecular complexity index is 1090. The quantitative estimate of drug-likeness (QED) is 0.742. The number of anilines is 2. The molecule has 3 aromatic rings. The molecule has 142 valence electrons. The number of aromatic nitrogens is 2. The Hall–Kier alpha value is -3.48. The summed E-state index contributed by atoms with van der Waals surface area (Å²) in [6, 6.07) is 14.4. The number of carbonyl (C=O) groups excluding carboxylic acids is 2. The van der Waals surface area contributed by atoms with E-state index in [1.54, 1.807) is 35.2 Å². The first-order valence-corrected chi connectivity index (χ1v) is 9.26. The topological polar surface area (TPSA) is 84.3 Å². The lowest BCUT2D eigenvalue weighted by molar-refractivity contribution is -0.117. The molecular weight excluding hydrogens is 356 g/mol. The van der Waals surface area contributed by atoms with Crippen molar-refractivity contribution < 1.29 is 9.59 Å². The van der Waals surface area contributed by atoms with Gasteiger partial charge in [0, 0.05) is 37.3 Å². The Morgan fingerprint density at radius 2 is 1.86 bits per heavy atom. The summed E-state index contributed by atoms with van der Waals surface area (Å²) in [5.41, 5.74) is 1.99. The van der Waals surface area contributed by atoms with Crippen molar-refractivity contribution in [3.8, 4) is 0 Å². The smallest absolute Gasteiger partial charge is 0.261 e. The summed E-state index contributed by atoms with van der Waals surface area (Å²) in [6.07, 6.45) is 3.09. The van der Waals surface area contributed by atoms with Crippen LogP contribution in [0.5, 0.6) is 0 Å². The Morgan fingerprint density at radius 1 is 1.07 bits per heavy atom. The van der Waals surface area contributed by atoms with Gasteiger partial charge in [-0.2, -0.15) is 0 Å². The van der Waals surface area contributed by atoms with Crippen LogP contribution in [0.15, 0.2) is 59.7 Å². The van der Waals surface area contributed by atoms with E-state index in [1.807, 2.05) is 18.2 Å². The molecule has 2 aromatic carbocycles. The minimum absolute atomic E-state index is 0.131. The highest BCUT2D eigenvalue weighted by molar-refractivity contribution is 5.96. The van der Waals surface area contributed by atoms with Crippen LogP contribution in [0.2, 0.25) is 0 Å². The van der Waals surface area contributed by atoms with E-state index in [4.69, 9.17) is 0 Å². The van der Waals surface area contributed by atoms with Gasteiger partial charge in [0.15, 0.2) is 0 Å². The largest absolute Gasteiger partial charge is 0.326 e. The van der Waals surface area contributed by atoms with E-state index in [1.165, 1.54) is 10.9 Å². The van der Waals surface area contributed by atoms with Crippen molar-refractivity contribution in [2.24, 2.45) is 0 Å². The fourth-order valence-corrected chi connectivity index (χ4v) is 3.36. The Labute approximate surface area is 161 Å². The fraction of sp³-hybridized carbons (Fsp3) is 0.238. The number of hydrogen-bond acceptors (Lipinski definition) is 4. The number of rotatable bonds is 5. The van der Waals surface area contributed by atoms with Crippen molar-refractivity contribution in [3.05, 3.63) is 65.2 Å². The SMILES string of the molecule is O=C(CCn1cnc2ccccc2c1=O)Nc1ccc(N2CCCC2=O)cc1. The molecule has 0 aliphatic carbocycles. The minimum atomic E-state index is -0.190. The third-order valence-electron chi connectivity index (χ3n) is 4.85. The predicted octanol–water partition coefficient (Wildman–Crippen LogP) is 2.55. The second kappa shape index (κ2) is 7.64. The molecule has 0 bridgehead atoms. The van der Waals surface area contributed by atoms with Crippen LogP contribution >= 0.6 is 0 Å². The zero-order chi connectivity index (χ0) is 19.5. The molecule has 1 aliphatic rings. The van der Waals surface area contributed by atoms with E-state index < -0.39 is 0 Å². The Balaban J connectivity index is 1.38. The zero-order valence-corrected chi connectivity index (χ0v) is 15.3. The molecule has 0 radical (unpaired) electrons. The summed E-state index contributed by atoms with van der Waals surface area (Å²) in [5.74, 6) is -0.0590. The molecule has 1 aromatic heterocycles. The van der Waals surface area contributed by atoms with Gasteiger partial charge in [0.1, 0.15) is 0 Å². The van der Waals surface area contributed by atoms with E-state index in [0.717, 1.165) is 18.7 Å². The molecule has 0 spiro atoms. The molecule has 28 heavy (non-hydrogen) atoms. The van der Waals surface area contributed by atoms with Crippen LogP contribution < -0.4 is 15.8 Å². The van der Waals surface area contributed by atoms with Gasteiger partial charge >= 0.3 is 0 Å². The molecule has 0 atom stereocenters. The van der Waals surface area contributed by atoms with Crippen molar-refractivity contribution in [3.63, 3.8) is 0 Å². The summed E-state index contributed by atoms with van der Waals surface area (Å²) in [6.45, 7) is 0.988. The van der Waals surface area contributed by atoms with Gasteiger partial charge in [-0.3, -0.25) is 19.0 Å². The fourth-order valence-electron chi connectivity index (χ4n) is 3.36. The van der Waals surface area contributed by atoms with E-state index in [-0.39, 0.29) is 30.3 Å². The number of nitrogens with zero attached hydrogens (tertiary/aromatic N) is 3. The normalized spacial score (nSPS) is 13.9. The van der Waals surface area contributed by atoms with Gasteiger partial charge in [0.2, 0.25) is 11.8 Å². The highest BCUT2D eigenvalue weighted by Gasteiger charge is 2.21. The summed E-state index contributed by atoms with van der Waals surface area (Å²) < 4.78 is 1.45. The first-order valence-electron chi connectivity index (χ1n) is 9.26. The number of aryl methyl sites for hydroxylation is 1. The van der Waals surface area contributed by atoms with Gasteiger partial charge in [-0.1, -0.05) is 12.1 Å². The third kappa shape index (κ3) is 3.64. The number of carbonyl (C=O) groups is 2. The number of nitrogens with one attached hydrogen (secondary N) is 1. The van der Waals surface area contributed by atoms with Crippen LogP contribution in [-0.2, 0) is 16.1 Å². The van der Waals surface area contributed by atoms with Crippen molar-refractivity contribution in [1.82, 2.24) is 9.55 Å². The van der Waals surface area contributed by atoms with E-state index in [2.05, 4.69) is 10.3 Å². The van der Waals surface area contributed by atoms with Crippen molar-refractivity contribution in [1.29, 1.82) is 0 Å². The van der Waals surface area contributed by atoms with Gasteiger partial charge in [-0.05, 0) is 42.8 Å². The molecular formula is C21H20N4O3. The lowest BCUT2D eigenvalue weighted by atomic mass is 10.2. The van der Waals surface area contributed by atoms with Gasteiger partial charge in [-0.15, -0.1) is 0 Å². The molecule has 0 saturated carbocycles. The Kier molecular flexibility index (Phi) is 4.89. The lowest BCUT2D eigenvalue weighted by Gasteiger charge is -2.16. The second-order valence-electron chi connectivity index (χ2n) is 6.75. The molecule has 2 heterocycles. The molecule has 0 unspecified atom stereocenters. The molecule has 1 N–H and O–H groups in total. The third-order valence-corrected chi connectivity index (χ3v) is 4.85. The van der Waals surface area contributed by atoms with Crippen molar-refractivity contribution >= 4 is 34.1 Å². The van der Waals surface area contributed by atoms with E-state index >= 15 is 0 Å². The van der Waals surface area contributed by atoms with Crippen molar-refractivity contribution in [2.45, 2.75) is 25.8 Å². The van der Waals surface area contributed by atoms with Crippen LogP contribution in [0.25, 0.3) is 10.9 Å². The first-order chi connectivity index (χ1) is 13.6. The van der Waals surface area contributed by atoms with Gasteiger partial charge < -0.3 is 10.2 Å². The van der Waals surface area contributed by atoms with Crippen molar-refractivity contribution in [2.75, 3.05) is 16.8 Å². The van der Waals surface area contributed by atoms with Gasteiger partial charge in [0.25, 0.3) is 5.56 Å². The molecule has 4 rings (SSSR count). The molecule has 1 saturated heterocycles. The molecule has 7 heteroatoms. The van der Waals surface area contributed by atoms with E-state index in [9.17, 15) is 14.4 Å². The molecule has 1 fully saturated rings. The van der Waals surface area contributed by atoms with Crippen LogP contribution in [-0.4, -0.2) is 27.9 Å². The maximum atomic E-state index is 12.4. The number of benzene rings is 2. The first kappa shape index (κ1) is 17.9. The summed E-state index contributed by atoms with van der Waals surface area (Å²) in [7, 11) is 0. The van der Waals surface area contributed by atoms with Crippen LogP contribution in [0, 0.1) is 0 Å². The monoisotopic (exact) mass is 376 g/mol. The maximum absolute atomic E-state index is 12.4. The predicted molar refractivity (Wildman–Crippen MR) is 107 cm³/mol. The Morgan fingerprint density at radius 3 is 2.61 bits per heavy atom. The highest BCUT2D eigenvalue weighted by Crippen LogP contribution is 2.23.